The molecule has 0 saturated carbocycles. The minimum absolute atomic E-state index is 0.238. The van der Waals surface area contributed by atoms with Gasteiger partial charge in [-0.25, -0.2) is 4.39 Å². The molecule has 1 saturated heterocycles. The number of ether oxygens (including phenoxy) is 1. The summed E-state index contributed by atoms with van der Waals surface area (Å²) in [5, 5.41) is 4.48. The Morgan fingerprint density at radius 1 is 1.14 bits per heavy atom. The van der Waals surface area contributed by atoms with Crippen LogP contribution in [0.15, 0.2) is 48.5 Å². The van der Waals surface area contributed by atoms with Gasteiger partial charge in [0.25, 0.3) is 0 Å². The number of rotatable bonds is 6. The van der Waals surface area contributed by atoms with Gasteiger partial charge in [0.2, 0.25) is 0 Å². The Labute approximate surface area is 165 Å². The van der Waals surface area contributed by atoms with E-state index in [0.29, 0.717) is 6.04 Å². The summed E-state index contributed by atoms with van der Waals surface area (Å²) >= 11 is 0. The maximum absolute atomic E-state index is 13.1. The van der Waals surface area contributed by atoms with E-state index in [-0.39, 0.29) is 5.82 Å². The zero-order chi connectivity index (χ0) is 19.5. The molecule has 1 aromatic heterocycles. The molecule has 1 fully saturated rings. The lowest BCUT2D eigenvalue weighted by molar-refractivity contribution is 0.134. The molecular weight excluding hydrogens is 353 g/mol. The highest BCUT2D eigenvalue weighted by atomic mass is 19.1. The van der Waals surface area contributed by atoms with E-state index in [1.807, 2.05) is 13.8 Å². The lowest BCUT2D eigenvalue weighted by Crippen LogP contribution is -2.33. The summed E-state index contributed by atoms with van der Waals surface area (Å²) in [5.74, 6) is -0.238. The van der Waals surface area contributed by atoms with Gasteiger partial charge in [-0.2, -0.15) is 0 Å². The molecule has 5 heteroatoms. The van der Waals surface area contributed by atoms with Crippen LogP contribution in [-0.2, 0) is 4.74 Å². The van der Waals surface area contributed by atoms with Crippen molar-refractivity contribution in [2.75, 3.05) is 30.0 Å². The van der Waals surface area contributed by atoms with Crippen molar-refractivity contribution in [2.45, 2.75) is 32.7 Å². The van der Waals surface area contributed by atoms with Crippen molar-refractivity contribution in [1.82, 2.24) is 4.98 Å². The second kappa shape index (κ2) is 8.15. The van der Waals surface area contributed by atoms with Gasteiger partial charge in [-0.3, -0.25) is 4.98 Å². The van der Waals surface area contributed by atoms with Crippen LogP contribution in [0.5, 0.6) is 0 Å². The molecule has 4 nitrogen and oxygen atoms in total. The van der Waals surface area contributed by atoms with E-state index in [1.54, 1.807) is 12.1 Å². The summed E-state index contributed by atoms with van der Waals surface area (Å²) in [6, 6.07) is 15.2. The Morgan fingerprint density at radius 3 is 2.71 bits per heavy atom. The molecule has 1 atom stereocenters. The predicted molar refractivity (Wildman–Crippen MR) is 113 cm³/mol. The topological polar surface area (TPSA) is 37.4 Å². The monoisotopic (exact) mass is 379 g/mol. The molecule has 2 heterocycles. The molecule has 28 heavy (non-hydrogen) atoms. The number of hydrogen-bond donors (Lipinski definition) is 1. The van der Waals surface area contributed by atoms with Gasteiger partial charge in [0.05, 0.1) is 18.2 Å². The molecule has 4 rings (SSSR count). The van der Waals surface area contributed by atoms with Crippen molar-refractivity contribution in [3.8, 4) is 0 Å². The van der Waals surface area contributed by atoms with E-state index in [1.165, 1.54) is 24.2 Å². The SMILES string of the molecule is CCOCC1CCCN1c1cc(C)nc2cc(Nc3ccc(F)cc3)ccc12. The second-order valence-electron chi connectivity index (χ2n) is 7.30. The van der Waals surface area contributed by atoms with Crippen LogP contribution in [0.3, 0.4) is 0 Å². The van der Waals surface area contributed by atoms with Gasteiger partial charge in [-0.15, -0.1) is 0 Å². The van der Waals surface area contributed by atoms with Gasteiger partial charge in [0.1, 0.15) is 5.82 Å². The zero-order valence-corrected chi connectivity index (χ0v) is 16.4. The summed E-state index contributed by atoms with van der Waals surface area (Å²) in [5.41, 5.74) is 4.99. The largest absolute Gasteiger partial charge is 0.380 e. The van der Waals surface area contributed by atoms with Crippen molar-refractivity contribution in [3.63, 3.8) is 0 Å². The van der Waals surface area contributed by atoms with Gasteiger partial charge in [-0.1, -0.05) is 0 Å². The first-order valence-electron chi connectivity index (χ1n) is 9.92. The fourth-order valence-electron chi connectivity index (χ4n) is 3.93. The highest BCUT2D eigenvalue weighted by molar-refractivity contribution is 5.94. The number of pyridine rings is 1. The van der Waals surface area contributed by atoms with E-state index in [2.05, 4.69) is 34.5 Å². The third-order valence-electron chi connectivity index (χ3n) is 5.25. The van der Waals surface area contributed by atoms with Crippen molar-refractivity contribution in [1.29, 1.82) is 0 Å². The van der Waals surface area contributed by atoms with Crippen molar-refractivity contribution in [3.05, 3.63) is 60.0 Å². The van der Waals surface area contributed by atoms with Crippen LogP contribution in [0, 0.1) is 12.7 Å². The Morgan fingerprint density at radius 2 is 1.93 bits per heavy atom. The lowest BCUT2D eigenvalue weighted by atomic mass is 10.1. The van der Waals surface area contributed by atoms with E-state index in [4.69, 9.17) is 9.72 Å². The van der Waals surface area contributed by atoms with Crippen molar-refractivity contribution < 1.29 is 9.13 Å². The minimum Gasteiger partial charge on any atom is -0.380 e. The summed E-state index contributed by atoms with van der Waals surface area (Å²) in [6.45, 7) is 6.64. The summed E-state index contributed by atoms with van der Waals surface area (Å²) in [6.07, 6.45) is 2.35. The lowest BCUT2D eigenvalue weighted by Gasteiger charge is -2.28. The molecule has 0 bridgehead atoms. The number of halogens is 1. The van der Waals surface area contributed by atoms with Crippen LogP contribution in [0.4, 0.5) is 21.5 Å². The minimum atomic E-state index is -0.238. The van der Waals surface area contributed by atoms with Gasteiger partial charge in [-0.05, 0) is 75.2 Å². The van der Waals surface area contributed by atoms with Crippen molar-refractivity contribution in [2.24, 2.45) is 0 Å². The molecule has 1 aliphatic rings. The molecule has 2 aromatic carbocycles. The maximum Gasteiger partial charge on any atom is 0.123 e. The zero-order valence-electron chi connectivity index (χ0n) is 16.4. The summed E-state index contributed by atoms with van der Waals surface area (Å²) < 4.78 is 18.8. The van der Waals surface area contributed by atoms with Crippen LogP contribution in [0.25, 0.3) is 10.9 Å². The van der Waals surface area contributed by atoms with E-state index >= 15 is 0 Å². The first-order valence-corrected chi connectivity index (χ1v) is 9.92. The average molecular weight is 379 g/mol. The Balaban J connectivity index is 1.66. The number of benzene rings is 2. The Hall–Kier alpha value is -2.66. The Kier molecular flexibility index (Phi) is 5.44. The Bertz CT molecular complexity index is 958. The van der Waals surface area contributed by atoms with Crippen LogP contribution in [0.1, 0.15) is 25.5 Å². The number of fused-ring (bicyclic) bond motifs is 1. The first-order chi connectivity index (χ1) is 13.6. The number of anilines is 3. The third-order valence-corrected chi connectivity index (χ3v) is 5.25. The molecule has 1 N–H and O–H groups in total. The molecular formula is C23H26FN3O. The van der Waals surface area contributed by atoms with E-state index < -0.39 is 0 Å². The molecule has 1 unspecified atom stereocenters. The number of aromatic nitrogens is 1. The standard InChI is InChI=1S/C23H26FN3O/c1-3-28-15-20-5-4-12-27(20)23-13-16(2)25-22-14-19(10-11-21(22)23)26-18-8-6-17(24)7-9-18/h6-11,13-14,20,26H,3-5,12,15H2,1-2H3. The van der Waals surface area contributed by atoms with Crippen LogP contribution in [0.2, 0.25) is 0 Å². The fraction of sp³-hybridized carbons (Fsp3) is 0.348. The summed E-state index contributed by atoms with van der Waals surface area (Å²) in [7, 11) is 0. The molecule has 0 amide bonds. The highest BCUT2D eigenvalue weighted by Crippen LogP contribution is 2.34. The van der Waals surface area contributed by atoms with Gasteiger partial charge >= 0.3 is 0 Å². The second-order valence-corrected chi connectivity index (χ2v) is 7.30. The van der Waals surface area contributed by atoms with Gasteiger partial charge < -0.3 is 15.0 Å². The molecule has 0 aliphatic carbocycles. The number of nitrogens with zero attached hydrogens (tertiary/aromatic N) is 2. The fourth-order valence-corrected chi connectivity index (χ4v) is 3.93. The first kappa shape index (κ1) is 18.7. The van der Waals surface area contributed by atoms with Crippen LogP contribution < -0.4 is 10.2 Å². The van der Waals surface area contributed by atoms with Crippen molar-refractivity contribution >= 4 is 28.0 Å². The summed E-state index contributed by atoms with van der Waals surface area (Å²) in [4.78, 5) is 7.23. The van der Waals surface area contributed by atoms with Gasteiger partial charge in [0, 0.05) is 41.3 Å². The van der Waals surface area contributed by atoms with Gasteiger partial charge in [0.15, 0.2) is 0 Å². The number of nitrogens with one attached hydrogen (secondary N) is 1. The molecule has 146 valence electrons. The third kappa shape index (κ3) is 3.94. The average Bonchev–Trinajstić information content (AvgIpc) is 3.15. The molecule has 3 aromatic rings. The maximum atomic E-state index is 13.1. The predicted octanol–water partition coefficient (Wildman–Crippen LogP) is 5.43. The smallest absolute Gasteiger partial charge is 0.123 e. The quantitative estimate of drug-likeness (QED) is 0.620. The molecule has 1 aliphatic heterocycles. The normalized spacial score (nSPS) is 16.7. The van der Waals surface area contributed by atoms with E-state index in [9.17, 15) is 4.39 Å². The van der Waals surface area contributed by atoms with Crippen LogP contribution >= 0.6 is 0 Å². The van der Waals surface area contributed by atoms with Crippen LogP contribution in [-0.4, -0.2) is 30.8 Å². The highest BCUT2D eigenvalue weighted by Gasteiger charge is 2.26. The number of hydrogen-bond acceptors (Lipinski definition) is 4. The number of aryl methyl sites for hydroxylation is 1. The van der Waals surface area contributed by atoms with E-state index in [0.717, 1.165) is 54.2 Å². The molecule has 0 radical (unpaired) electrons. The molecule has 0 spiro atoms.